The first kappa shape index (κ1) is 56.2. The largest absolute Gasteiger partial charge is 0.374 e. The van der Waals surface area contributed by atoms with Gasteiger partial charge in [0.05, 0.1) is 38.2 Å². The molecule has 3 unspecified atom stereocenters. The van der Waals surface area contributed by atoms with E-state index in [9.17, 15) is 0 Å². The third-order valence-electron chi connectivity index (χ3n) is 16.5. The van der Waals surface area contributed by atoms with Gasteiger partial charge in [0.2, 0.25) is 11.9 Å². The molecule has 24 heteroatoms. The molecule has 430 valence electrons. The second kappa shape index (κ2) is 30.5. The molecule has 4 aliphatic heterocycles. The Kier molecular flexibility index (Phi) is 22.0. The summed E-state index contributed by atoms with van der Waals surface area (Å²) < 4.78 is 10.4. The fourth-order valence-corrected chi connectivity index (χ4v) is 12.1. The Bertz CT molecular complexity index is 2330. The van der Waals surface area contributed by atoms with Crippen molar-refractivity contribution in [2.75, 3.05) is 142 Å². The van der Waals surface area contributed by atoms with Gasteiger partial charge in [0.1, 0.15) is 34.7 Å². The Labute approximate surface area is 462 Å². The minimum Gasteiger partial charge on any atom is -0.374 e. The van der Waals surface area contributed by atoms with Crippen LogP contribution in [0.25, 0.3) is 0 Å². The lowest BCUT2D eigenvalue weighted by molar-refractivity contribution is -0.0132. The van der Waals surface area contributed by atoms with Crippen molar-refractivity contribution < 1.29 is 4.74 Å². The van der Waals surface area contributed by atoms with Gasteiger partial charge in [-0.2, -0.15) is 19.9 Å². The Hall–Kier alpha value is -5.08. The maximum atomic E-state index is 6.56. The SMILES string of the molecule is c1c(NC2CCNCC2)nc(NCc2cn(CCCNCCNC3CCCC(C4CN(c5cc(NC6CCNCC6)nc(NCc6cn(CCCNCCNC7CCCCC7)nn6)n5)CCO4)C3)nn2)nc1N1CCNCC1. The number of morpholine rings is 1. The fourth-order valence-electron chi connectivity index (χ4n) is 12.1. The van der Waals surface area contributed by atoms with Crippen LogP contribution in [-0.2, 0) is 30.9 Å². The lowest BCUT2D eigenvalue weighted by atomic mass is 9.81. The second-order valence-corrected chi connectivity index (χ2v) is 22.5. The maximum Gasteiger partial charge on any atom is 0.226 e. The summed E-state index contributed by atoms with van der Waals surface area (Å²) in [5, 5.41) is 57.4. The van der Waals surface area contributed by atoms with Crippen LogP contribution in [0.2, 0.25) is 0 Å². The van der Waals surface area contributed by atoms with Gasteiger partial charge in [-0.05, 0) is 116 Å². The molecule has 0 amide bonds. The molecule has 10 rings (SSSR count). The summed E-state index contributed by atoms with van der Waals surface area (Å²) >= 11 is 0. The predicted octanol–water partition coefficient (Wildman–Crippen LogP) is 2.35. The molecule has 2 saturated carbocycles. The number of piperidine rings is 2. The van der Waals surface area contributed by atoms with E-state index >= 15 is 0 Å². The van der Waals surface area contributed by atoms with Crippen molar-refractivity contribution in [3.8, 4) is 0 Å². The third kappa shape index (κ3) is 18.0. The van der Waals surface area contributed by atoms with Crippen molar-refractivity contribution in [1.29, 1.82) is 0 Å². The number of hydrogen-bond acceptors (Lipinski definition) is 22. The molecule has 0 spiro atoms. The fraction of sp³-hybridized carbons (Fsp3) is 0.778. The monoisotopic (exact) mass is 1080 g/mol. The number of aryl methyl sites for hydroxylation is 2. The summed E-state index contributed by atoms with van der Waals surface area (Å²) in [5.74, 6) is 5.34. The van der Waals surface area contributed by atoms with Gasteiger partial charge in [-0.3, -0.25) is 9.36 Å². The van der Waals surface area contributed by atoms with Crippen LogP contribution in [0, 0.1) is 5.92 Å². The Morgan fingerprint density at radius 2 is 1.08 bits per heavy atom. The average molecular weight is 1080 g/mol. The molecule has 3 atom stereocenters. The van der Waals surface area contributed by atoms with E-state index in [2.05, 4.69) is 101 Å². The first-order valence-electron chi connectivity index (χ1n) is 30.3. The highest BCUT2D eigenvalue weighted by atomic mass is 16.5. The summed E-state index contributed by atoms with van der Waals surface area (Å²) in [4.78, 5) is 24.6. The van der Waals surface area contributed by atoms with Gasteiger partial charge >= 0.3 is 0 Å². The minimum absolute atomic E-state index is 0.159. The van der Waals surface area contributed by atoms with E-state index in [0.717, 1.165) is 197 Å². The van der Waals surface area contributed by atoms with Gasteiger partial charge in [0.15, 0.2) is 0 Å². The Balaban J connectivity index is 0.631. The normalized spacial score (nSPS) is 22.2. The lowest BCUT2D eigenvalue weighted by Crippen LogP contribution is -2.49. The number of piperazine rings is 1. The molecule has 4 aromatic rings. The van der Waals surface area contributed by atoms with Crippen LogP contribution >= 0.6 is 0 Å². The van der Waals surface area contributed by atoms with Crippen LogP contribution in [0.15, 0.2) is 24.5 Å². The second-order valence-electron chi connectivity index (χ2n) is 22.5. The number of ether oxygens (including phenoxy) is 1. The average Bonchev–Trinajstić information content (AvgIpc) is 4.18. The van der Waals surface area contributed by atoms with Crippen molar-refractivity contribution >= 4 is 35.2 Å². The summed E-state index contributed by atoms with van der Waals surface area (Å²) in [5.41, 5.74) is 1.75. The van der Waals surface area contributed by atoms with Crippen LogP contribution in [0.1, 0.15) is 108 Å². The van der Waals surface area contributed by atoms with E-state index in [1.54, 1.807) is 0 Å². The summed E-state index contributed by atoms with van der Waals surface area (Å²) in [7, 11) is 0. The quantitative estimate of drug-likeness (QED) is 0.0349. The molecule has 11 N–H and O–H groups in total. The minimum atomic E-state index is 0.159. The molecule has 78 heavy (non-hydrogen) atoms. The molecule has 24 nitrogen and oxygen atoms in total. The van der Waals surface area contributed by atoms with Crippen LogP contribution in [0.4, 0.5) is 35.2 Å². The number of nitrogens with one attached hydrogen (secondary N) is 11. The Morgan fingerprint density at radius 1 is 0.526 bits per heavy atom. The van der Waals surface area contributed by atoms with E-state index in [1.807, 2.05) is 21.8 Å². The van der Waals surface area contributed by atoms with Crippen molar-refractivity contribution in [1.82, 2.24) is 87.1 Å². The van der Waals surface area contributed by atoms with E-state index in [0.29, 0.717) is 61.7 Å². The molecular weight excluding hydrogens is 987 g/mol. The number of rotatable bonds is 29. The van der Waals surface area contributed by atoms with E-state index in [4.69, 9.17) is 24.7 Å². The zero-order valence-corrected chi connectivity index (χ0v) is 46.5. The van der Waals surface area contributed by atoms with Crippen molar-refractivity contribution in [2.24, 2.45) is 5.92 Å². The van der Waals surface area contributed by atoms with Crippen LogP contribution in [0.5, 0.6) is 0 Å². The smallest absolute Gasteiger partial charge is 0.226 e. The standard InChI is InChI=1S/C54H93N23O/c1-2-8-42(9-3-1)60-23-21-55-15-5-27-76-39-47(71-73-76)37-63-54-67-50(65-44-13-19-58-20-14-44)35-52(69-54)75-31-32-78-48(40-75)41-7-4-10-45(33-41)61-24-22-56-16-6-28-77-38-46(70-72-77)36-62-53-66-49(64-43-11-17-57-18-12-43)34-51(68-53)74-29-25-59-26-30-74/h34-35,38-39,41-45,48,55-61H,1-33,36-37,40H2,(H2,62,64,66,68)(H2,63,65,67,69). The van der Waals surface area contributed by atoms with Gasteiger partial charge < -0.3 is 73.0 Å². The van der Waals surface area contributed by atoms with E-state index < -0.39 is 0 Å². The number of anilines is 6. The predicted molar refractivity (Wildman–Crippen MR) is 308 cm³/mol. The van der Waals surface area contributed by atoms with Gasteiger partial charge in [-0.15, -0.1) is 10.2 Å². The van der Waals surface area contributed by atoms with Crippen LogP contribution in [0.3, 0.4) is 0 Å². The molecule has 4 saturated heterocycles. The first-order valence-corrected chi connectivity index (χ1v) is 30.3. The van der Waals surface area contributed by atoms with Crippen LogP contribution < -0.4 is 68.3 Å². The van der Waals surface area contributed by atoms with Gasteiger partial charge in [0.25, 0.3) is 0 Å². The molecule has 0 aromatic carbocycles. The molecule has 0 radical (unpaired) electrons. The number of aromatic nitrogens is 10. The van der Waals surface area contributed by atoms with Crippen molar-refractivity contribution in [2.45, 2.75) is 153 Å². The van der Waals surface area contributed by atoms with Gasteiger partial charge in [0, 0.05) is 115 Å². The molecule has 8 heterocycles. The van der Waals surface area contributed by atoms with Crippen molar-refractivity contribution in [3.05, 3.63) is 35.9 Å². The molecular formula is C54H93N23O. The highest BCUT2D eigenvalue weighted by Gasteiger charge is 2.33. The molecule has 4 aromatic heterocycles. The Morgan fingerprint density at radius 3 is 1.68 bits per heavy atom. The molecule has 0 bridgehead atoms. The number of hydrogen-bond donors (Lipinski definition) is 11. The zero-order chi connectivity index (χ0) is 52.8. The highest BCUT2D eigenvalue weighted by molar-refractivity contribution is 5.55. The van der Waals surface area contributed by atoms with Crippen molar-refractivity contribution in [3.63, 3.8) is 0 Å². The molecule has 6 aliphatic rings. The summed E-state index contributed by atoms with van der Waals surface area (Å²) in [6, 6.07) is 6.22. The molecule has 6 fully saturated rings. The molecule has 2 aliphatic carbocycles. The maximum absolute atomic E-state index is 6.56. The van der Waals surface area contributed by atoms with E-state index in [-0.39, 0.29) is 6.10 Å². The first-order chi connectivity index (χ1) is 38.6. The topological polar surface area (TPSA) is 261 Å². The number of nitrogens with zero attached hydrogens (tertiary/aromatic N) is 12. The van der Waals surface area contributed by atoms with Gasteiger partial charge in [-0.1, -0.05) is 36.1 Å². The summed E-state index contributed by atoms with van der Waals surface area (Å²) in [6.45, 7) is 18.6. The van der Waals surface area contributed by atoms with Crippen LogP contribution in [-0.4, -0.2) is 192 Å². The zero-order valence-electron chi connectivity index (χ0n) is 46.5. The third-order valence-corrected chi connectivity index (χ3v) is 16.5. The van der Waals surface area contributed by atoms with E-state index in [1.165, 1.54) is 51.4 Å². The summed E-state index contributed by atoms with van der Waals surface area (Å²) in [6.07, 6.45) is 22.0. The van der Waals surface area contributed by atoms with Gasteiger partial charge in [-0.25, -0.2) is 0 Å². The highest BCUT2D eigenvalue weighted by Crippen LogP contribution is 2.32. The lowest BCUT2D eigenvalue weighted by Gasteiger charge is -2.41.